The molecule has 1 unspecified atom stereocenters. The van der Waals surface area contributed by atoms with Crippen LogP contribution in [0.3, 0.4) is 0 Å². The topological polar surface area (TPSA) is 78.2 Å². The standard InChI is InChI=1S/C12H18N4O/c1-16(7-10(17)5-13)6-9-2-3-11-12(4-9)15-8-14-11/h2-4,8,10,17H,5-7,13H2,1H3,(H,14,15). The highest BCUT2D eigenvalue weighted by Crippen LogP contribution is 2.12. The van der Waals surface area contributed by atoms with E-state index >= 15 is 0 Å². The number of aliphatic hydroxyl groups excluding tert-OH is 1. The highest BCUT2D eigenvalue weighted by molar-refractivity contribution is 5.74. The maximum Gasteiger partial charge on any atom is 0.0931 e. The summed E-state index contributed by atoms with van der Waals surface area (Å²) in [6.45, 7) is 1.66. The maximum absolute atomic E-state index is 9.46. The summed E-state index contributed by atoms with van der Waals surface area (Å²) < 4.78 is 0. The third-order valence-electron chi connectivity index (χ3n) is 2.73. The van der Waals surface area contributed by atoms with Crippen molar-refractivity contribution in [2.45, 2.75) is 12.6 Å². The second-order valence-corrected chi connectivity index (χ2v) is 4.34. The summed E-state index contributed by atoms with van der Waals surface area (Å²) in [5.41, 5.74) is 8.58. The van der Waals surface area contributed by atoms with Crippen LogP contribution >= 0.6 is 0 Å². The number of aromatic amines is 1. The number of nitrogens with zero attached hydrogens (tertiary/aromatic N) is 2. The van der Waals surface area contributed by atoms with Gasteiger partial charge in [-0.25, -0.2) is 4.98 Å². The zero-order valence-corrected chi connectivity index (χ0v) is 9.93. The first-order valence-electron chi connectivity index (χ1n) is 5.67. The van der Waals surface area contributed by atoms with E-state index in [0.29, 0.717) is 13.1 Å². The summed E-state index contributed by atoms with van der Waals surface area (Å²) in [5.74, 6) is 0. The lowest BCUT2D eigenvalue weighted by Gasteiger charge is -2.19. The van der Waals surface area contributed by atoms with Crippen molar-refractivity contribution in [3.63, 3.8) is 0 Å². The van der Waals surface area contributed by atoms with Crippen LogP contribution in [0.5, 0.6) is 0 Å². The fourth-order valence-electron chi connectivity index (χ4n) is 1.89. The Balaban J connectivity index is 2.02. The molecule has 0 amide bonds. The summed E-state index contributed by atoms with van der Waals surface area (Å²) in [5, 5.41) is 9.46. The van der Waals surface area contributed by atoms with E-state index in [4.69, 9.17) is 5.73 Å². The average molecular weight is 234 g/mol. The molecule has 1 atom stereocenters. The molecule has 1 aromatic heterocycles. The second-order valence-electron chi connectivity index (χ2n) is 4.34. The molecule has 1 aromatic carbocycles. The molecular formula is C12H18N4O. The molecule has 5 nitrogen and oxygen atoms in total. The fourth-order valence-corrected chi connectivity index (χ4v) is 1.89. The van der Waals surface area contributed by atoms with Gasteiger partial charge >= 0.3 is 0 Å². The monoisotopic (exact) mass is 234 g/mol. The van der Waals surface area contributed by atoms with Gasteiger partial charge in [-0.3, -0.25) is 4.90 Å². The largest absolute Gasteiger partial charge is 0.390 e. The number of imidazole rings is 1. The number of fused-ring (bicyclic) bond motifs is 1. The fraction of sp³-hybridized carbons (Fsp3) is 0.417. The molecule has 0 aliphatic carbocycles. The summed E-state index contributed by atoms with van der Waals surface area (Å²) in [7, 11) is 1.97. The third-order valence-corrected chi connectivity index (χ3v) is 2.73. The third kappa shape index (κ3) is 3.03. The van der Waals surface area contributed by atoms with E-state index in [1.165, 1.54) is 5.56 Å². The van der Waals surface area contributed by atoms with Gasteiger partial charge in [0, 0.05) is 19.6 Å². The number of hydrogen-bond acceptors (Lipinski definition) is 4. The van der Waals surface area contributed by atoms with Crippen LogP contribution in [0.1, 0.15) is 5.56 Å². The molecule has 0 spiro atoms. The van der Waals surface area contributed by atoms with Gasteiger partial charge in [0.25, 0.3) is 0 Å². The summed E-state index contributed by atoms with van der Waals surface area (Å²) in [4.78, 5) is 9.31. The van der Waals surface area contributed by atoms with E-state index in [1.54, 1.807) is 6.33 Å². The lowest BCUT2D eigenvalue weighted by molar-refractivity contribution is 0.129. The van der Waals surface area contributed by atoms with Gasteiger partial charge < -0.3 is 15.8 Å². The van der Waals surface area contributed by atoms with Crippen molar-refractivity contribution in [3.05, 3.63) is 30.1 Å². The molecule has 0 aliphatic heterocycles. The molecule has 5 heteroatoms. The predicted molar refractivity (Wildman–Crippen MR) is 67.5 cm³/mol. The van der Waals surface area contributed by atoms with E-state index in [2.05, 4.69) is 27.0 Å². The highest BCUT2D eigenvalue weighted by atomic mass is 16.3. The number of nitrogens with one attached hydrogen (secondary N) is 1. The minimum Gasteiger partial charge on any atom is -0.390 e. The number of benzene rings is 1. The van der Waals surface area contributed by atoms with Crippen molar-refractivity contribution in [1.29, 1.82) is 0 Å². The Morgan fingerprint density at radius 1 is 1.53 bits per heavy atom. The van der Waals surface area contributed by atoms with Crippen molar-refractivity contribution < 1.29 is 5.11 Å². The molecular weight excluding hydrogens is 216 g/mol. The number of rotatable bonds is 5. The van der Waals surface area contributed by atoms with Crippen LogP contribution in [0.15, 0.2) is 24.5 Å². The molecule has 2 aromatic rings. The minimum absolute atomic E-state index is 0.296. The minimum atomic E-state index is -0.462. The van der Waals surface area contributed by atoms with Crippen LogP contribution in [0, 0.1) is 0 Å². The smallest absolute Gasteiger partial charge is 0.0931 e. The number of aliphatic hydroxyl groups is 1. The van der Waals surface area contributed by atoms with Crippen LogP contribution in [-0.2, 0) is 6.54 Å². The van der Waals surface area contributed by atoms with E-state index in [-0.39, 0.29) is 0 Å². The number of likely N-dealkylation sites (N-methyl/N-ethyl adjacent to an activating group) is 1. The quantitative estimate of drug-likeness (QED) is 0.696. The Hall–Kier alpha value is -1.43. The summed E-state index contributed by atoms with van der Waals surface area (Å²) >= 11 is 0. The summed E-state index contributed by atoms with van der Waals surface area (Å²) in [6.07, 6.45) is 1.23. The van der Waals surface area contributed by atoms with Crippen molar-refractivity contribution in [2.75, 3.05) is 20.1 Å². The first-order chi connectivity index (χ1) is 8.19. The molecule has 0 saturated carbocycles. The number of aromatic nitrogens is 2. The highest BCUT2D eigenvalue weighted by Gasteiger charge is 2.07. The van der Waals surface area contributed by atoms with E-state index < -0.39 is 6.10 Å². The number of H-pyrrole nitrogens is 1. The van der Waals surface area contributed by atoms with Crippen LogP contribution in [0.4, 0.5) is 0 Å². The van der Waals surface area contributed by atoms with Gasteiger partial charge in [-0.15, -0.1) is 0 Å². The van der Waals surface area contributed by atoms with E-state index in [0.717, 1.165) is 17.6 Å². The zero-order chi connectivity index (χ0) is 12.3. The Morgan fingerprint density at radius 2 is 2.35 bits per heavy atom. The second kappa shape index (κ2) is 5.27. The van der Waals surface area contributed by atoms with E-state index in [1.807, 2.05) is 13.1 Å². The van der Waals surface area contributed by atoms with Crippen LogP contribution in [-0.4, -0.2) is 46.2 Å². The Labute approximate surface area is 100 Å². The molecule has 17 heavy (non-hydrogen) atoms. The molecule has 0 aliphatic rings. The van der Waals surface area contributed by atoms with Gasteiger partial charge in [0.05, 0.1) is 23.5 Å². The van der Waals surface area contributed by atoms with Crippen LogP contribution < -0.4 is 5.73 Å². The maximum atomic E-state index is 9.46. The lowest BCUT2D eigenvalue weighted by Crippen LogP contribution is -2.33. The van der Waals surface area contributed by atoms with Crippen LogP contribution in [0.25, 0.3) is 11.0 Å². The van der Waals surface area contributed by atoms with Gasteiger partial charge in [-0.1, -0.05) is 6.07 Å². The first kappa shape index (κ1) is 12.0. The molecule has 0 radical (unpaired) electrons. The van der Waals surface area contributed by atoms with E-state index in [9.17, 15) is 5.11 Å². The molecule has 0 saturated heterocycles. The van der Waals surface area contributed by atoms with Crippen molar-refractivity contribution in [2.24, 2.45) is 5.73 Å². The number of hydrogen-bond donors (Lipinski definition) is 3. The zero-order valence-electron chi connectivity index (χ0n) is 9.93. The Morgan fingerprint density at radius 3 is 3.12 bits per heavy atom. The molecule has 4 N–H and O–H groups in total. The molecule has 1 heterocycles. The average Bonchev–Trinajstić information content (AvgIpc) is 2.75. The molecule has 0 bridgehead atoms. The first-order valence-corrected chi connectivity index (χ1v) is 5.67. The van der Waals surface area contributed by atoms with Crippen LogP contribution in [0.2, 0.25) is 0 Å². The van der Waals surface area contributed by atoms with Crippen molar-refractivity contribution in [1.82, 2.24) is 14.9 Å². The van der Waals surface area contributed by atoms with Gasteiger partial charge in [0.1, 0.15) is 0 Å². The van der Waals surface area contributed by atoms with Gasteiger partial charge in [-0.05, 0) is 24.7 Å². The van der Waals surface area contributed by atoms with Gasteiger partial charge in [0.15, 0.2) is 0 Å². The van der Waals surface area contributed by atoms with Crippen molar-refractivity contribution in [3.8, 4) is 0 Å². The van der Waals surface area contributed by atoms with Gasteiger partial charge in [-0.2, -0.15) is 0 Å². The van der Waals surface area contributed by atoms with Gasteiger partial charge in [0.2, 0.25) is 0 Å². The lowest BCUT2D eigenvalue weighted by atomic mass is 10.2. The SMILES string of the molecule is CN(Cc1ccc2nc[nH]c2c1)CC(O)CN. The molecule has 0 fully saturated rings. The normalized spacial score (nSPS) is 13.4. The molecule has 92 valence electrons. The Kier molecular flexibility index (Phi) is 3.73. The molecule has 2 rings (SSSR count). The Bertz CT molecular complexity index is 482. The van der Waals surface area contributed by atoms with Crippen molar-refractivity contribution >= 4 is 11.0 Å². The summed E-state index contributed by atoms with van der Waals surface area (Å²) in [6, 6.07) is 6.12. The predicted octanol–water partition coefficient (Wildman–Crippen LogP) is 0.314. The number of nitrogens with two attached hydrogens (primary N) is 1.